The minimum Gasteiger partial charge on any atom is -0.310 e. The number of aromatic nitrogens is 2. The predicted octanol–water partition coefficient (Wildman–Crippen LogP) is 3.12. The van der Waals surface area contributed by atoms with Gasteiger partial charge in [-0.2, -0.15) is 5.10 Å². The van der Waals surface area contributed by atoms with E-state index >= 15 is 0 Å². The molecule has 0 spiro atoms. The van der Waals surface area contributed by atoms with Crippen LogP contribution in [-0.4, -0.2) is 21.1 Å². The Bertz CT molecular complexity index is 407. The third kappa shape index (κ3) is 3.29. The Kier molecular flexibility index (Phi) is 4.38. The lowest BCUT2D eigenvalue weighted by atomic mass is 10.2. The molecular formula is C14H25N3S. The van der Waals surface area contributed by atoms with Crippen LogP contribution < -0.4 is 5.32 Å². The van der Waals surface area contributed by atoms with Crippen molar-refractivity contribution in [2.75, 3.05) is 0 Å². The van der Waals surface area contributed by atoms with Gasteiger partial charge in [-0.3, -0.25) is 4.68 Å². The molecule has 4 heteroatoms. The van der Waals surface area contributed by atoms with E-state index < -0.39 is 0 Å². The standard InChI is InChI=1S/C14H25N3S/c1-9(2)11(4)18-14-13(8-15-12-6-7-12)10(3)16-17(14)5/h9,11-12,15H,6-8H2,1-5H3. The molecule has 1 aliphatic carbocycles. The molecule has 1 aliphatic rings. The Morgan fingerprint density at radius 2 is 2.06 bits per heavy atom. The van der Waals surface area contributed by atoms with E-state index in [1.54, 1.807) is 0 Å². The number of aryl methyl sites for hydroxylation is 2. The molecule has 1 saturated carbocycles. The van der Waals surface area contributed by atoms with Gasteiger partial charge in [-0.15, -0.1) is 11.8 Å². The van der Waals surface area contributed by atoms with E-state index in [4.69, 9.17) is 0 Å². The van der Waals surface area contributed by atoms with Crippen LogP contribution in [0.4, 0.5) is 0 Å². The van der Waals surface area contributed by atoms with Crippen LogP contribution in [0.15, 0.2) is 5.03 Å². The normalized spacial score (nSPS) is 17.4. The number of thioether (sulfide) groups is 1. The van der Waals surface area contributed by atoms with Crippen LogP contribution in [0.3, 0.4) is 0 Å². The molecule has 1 N–H and O–H groups in total. The van der Waals surface area contributed by atoms with Gasteiger partial charge in [-0.05, 0) is 25.7 Å². The molecule has 18 heavy (non-hydrogen) atoms. The molecule has 3 nitrogen and oxygen atoms in total. The number of nitrogens with zero attached hydrogens (tertiary/aromatic N) is 2. The smallest absolute Gasteiger partial charge is 0.0987 e. The molecule has 102 valence electrons. The highest BCUT2D eigenvalue weighted by Crippen LogP contribution is 2.32. The Labute approximate surface area is 115 Å². The summed E-state index contributed by atoms with van der Waals surface area (Å²) in [6.45, 7) is 9.95. The molecule has 0 amide bonds. The Morgan fingerprint density at radius 3 is 2.61 bits per heavy atom. The van der Waals surface area contributed by atoms with Gasteiger partial charge in [0.25, 0.3) is 0 Å². The molecule has 2 rings (SSSR count). The Balaban J connectivity index is 2.10. The van der Waals surface area contributed by atoms with Crippen molar-refractivity contribution < 1.29 is 0 Å². The fraction of sp³-hybridized carbons (Fsp3) is 0.786. The van der Waals surface area contributed by atoms with Crippen LogP contribution in [-0.2, 0) is 13.6 Å². The highest BCUT2D eigenvalue weighted by Gasteiger charge is 2.23. The molecular weight excluding hydrogens is 242 g/mol. The van der Waals surface area contributed by atoms with E-state index in [1.807, 2.05) is 16.4 Å². The van der Waals surface area contributed by atoms with Gasteiger partial charge in [0.05, 0.1) is 10.7 Å². The highest BCUT2D eigenvalue weighted by molar-refractivity contribution is 7.99. The maximum absolute atomic E-state index is 4.58. The van der Waals surface area contributed by atoms with Crippen LogP contribution in [0.25, 0.3) is 0 Å². The van der Waals surface area contributed by atoms with Crippen LogP contribution in [0, 0.1) is 12.8 Å². The first kappa shape index (κ1) is 13.9. The zero-order valence-corrected chi connectivity index (χ0v) is 13.0. The molecule has 0 aromatic carbocycles. The quantitative estimate of drug-likeness (QED) is 0.803. The second kappa shape index (κ2) is 5.66. The SMILES string of the molecule is Cc1nn(C)c(SC(C)C(C)C)c1CNC1CC1. The molecule has 1 aromatic heterocycles. The van der Waals surface area contributed by atoms with E-state index in [-0.39, 0.29) is 0 Å². The topological polar surface area (TPSA) is 29.9 Å². The van der Waals surface area contributed by atoms with Crippen LogP contribution in [0.5, 0.6) is 0 Å². The summed E-state index contributed by atoms with van der Waals surface area (Å²) in [6.07, 6.45) is 2.67. The molecule has 1 aromatic rings. The summed E-state index contributed by atoms with van der Waals surface area (Å²) in [7, 11) is 2.06. The van der Waals surface area contributed by atoms with Gasteiger partial charge in [0.1, 0.15) is 0 Å². The molecule has 1 heterocycles. The molecule has 1 atom stereocenters. The van der Waals surface area contributed by atoms with Crippen molar-refractivity contribution in [1.29, 1.82) is 0 Å². The summed E-state index contributed by atoms with van der Waals surface area (Å²) in [6, 6.07) is 0.755. The van der Waals surface area contributed by atoms with Crippen molar-refractivity contribution in [3.63, 3.8) is 0 Å². The van der Waals surface area contributed by atoms with Gasteiger partial charge in [0.2, 0.25) is 0 Å². The van der Waals surface area contributed by atoms with Crippen molar-refractivity contribution in [1.82, 2.24) is 15.1 Å². The summed E-state index contributed by atoms with van der Waals surface area (Å²) in [5.41, 5.74) is 2.56. The molecule has 0 aliphatic heterocycles. The lowest BCUT2D eigenvalue weighted by Crippen LogP contribution is -2.16. The van der Waals surface area contributed by atoms with Crippen molar-refractivity contribution in [2.24, 2.45) is 13.0 Å². The first-order valence-corrected chi connectivity index (χ1v) is 7.79. The molecule has 0 saturated heterocycles. The average molecular weight is 267 g/mol. The molecule has 1 unspecified atom stereocenters. The average Bonchev–Trinajstić information content (AvgIpc) is 3.06. The number of rotatable bonds is 6. The van der Waals surface area contributed by atoms with Crippen LogP contribution in [0.1, 0.15) is 44.9 Å². The van der Waals surface area contributed by atoms with Gasteiger partial charge < -0.3 is 5.32 Å². The van der Waals surface area contributed by atoms with E-state index in [0.29, 0.717) is 11.2 Å². The monoisotopic (exact) mass is 267 g/mol. The third-order valence-electron chi connectivity index (χ3n) is 3.67. The van der Waals surface area contributed by atoms with E-state index in [1.165, 1.54) is 29.1 Å². The third-order valence-corrected chi connectivity index (χ3v) is 5.32. The first-order valence-electron chi connectivity index (χ1n) is 6.91. The van der Waals surface area contributed by atoms with Crippen molar-refractivity contribution in [2.45, 2.75) is 63.4 Å². The Morgan fingerprint density at radius 1 is 1.39 bits per heavy atom. The predicted molar refractivity (Wildman–Crippen MR) is 78.0 cm³/mol. The minimum atomic E-state index is 0.625. The lowest BCUT2D eigenvalue weighted by molar-refractivity contribution is 0.629. The van der Waals surface area contributed by atoms with Crippen LogP contribution >= 0.6 is 11.8 Å². The molecule has 1 fully saturated rings. The lowest BCUT2D eigenvalue weighted by Gasteiger charge is -2.16. The van der Waals surface area contributed by atoms with E-state index in [2.05, 4.69) is 45.2 Å². The summed E-state index contributed by atoms with van der Waals surface area (Å²) >= 11 is 1.96. The fourth-order valence-corrected chi connectivity index (χ4v) is 3.06. The van der Waals surface area contributed by atoms with E-state index in [0.717, 1.165) is 12.6 Å². The zero-order valence-electron chi connectivity index (χ0n) is 12.2. The summed E-state index contributed by atoms with van der Waals surface area (Å²) in [5.74, 6) is 0.689. The summed E-state index contributed by atoms with van der Waals surface area (Å²) in [4.78, 5) is 0. The summed E-state index contributed by atoms with van der Waals surface area (Å²) < 4.78 is 2.04. The second-order valence-electron chi connectivity index (χ2n) is 5.71. The zero-order chi connectivity index (χ0) is 13.3. The van der Waals surface area contributed by atoms with Gasteiger partial charge in [0, 0.05) is 30.4 Å². The minimum absolute atomic E-state index is 0.625. The van der Waals surface area contributed by atoms with Gasteiger partial charge in [-0.25, -0.2) is 0 Å². The van der Waals surface area contributed by atoms with Crippen molar-refractivity contribution >= 4 is 11.8 Å². The largest absolute Gasteiger partial charge is 0.310 e. The van der Waals surface area contributed by atoms with Crippen LogP contribution in [0.2, 0.25) is 0 Å². The fourth-order valence-electron chi connectivity index (χ4n) is 1.88. The highest BCUT2D eigenvalue weighted by atomic mass is 32.2. The second-order valence-corrected chi connectivity index (χ2v) is 7.08. The first-order chi connectivity index (χ1) is 8.49. The number of hydrogen-bond acceptors (Lipinski definition) is 3. The van der Waals surface area contributed by atoms with E-state index in [9.17, 15) is 0 Å². The van der Waals surface area contributed by atoms with Gasteiger partial charge in [0.15, 0.2) is 0 Å². The maximum atomic E-state index is 4.58. The number of hydrogen-bond donors (Lipinski definition) is 1. The van der Waals surface area contributed by atoms with Gasteiger partial charge in [-0.1, -0.05) is 20.8 Å². The number of nitrogens with one attached hydrogen (secondary N) is 1. The molecule has 0 radical (unpaired) electrons. The van der Waals surface area contributed by atoms with Crippen molar-refractivity contribution in [3.05, 3.63) is 11.3 Å². The van der Waals surface area contributed by atoms with Crippen molar-refractivity contribution in [3.8, 4) is 0 Å². The Hall–Kier alpha value is -0.480. The molecule has 0 bridgehead atoms. The summed E-state index contributed by atoms with van der Waals surface area (Å²) in [5, 5.41) is 10.1. The van der Waals surface area contributed by atoms with Gasteiger partial charge >= 0.3 is 0 Å². The maximum Gasteiger partial charge on any atom is 0.0987 e.